The molecule has 0 saturated carbocycles. The lowest BCUT2D eigenvalue weighted by Gasteiger charge is -2.16. The molecule has 0 radical (unpaired) electrons. The van der Waals surface area contributed by atoms with E-state index in [1.54, 1.807) is 18.2 Å². The molecule has 3 aromatic rings. The normalized spacial score (nSPS) is 10.6. The fraction of sp³-hybridized carbons (Fsp3) is 0.200. The van der Waals surface area contributed by atoms with Crippen LogP contribution < -0.4 is 16.0 Å². The molecule has 8 heteroatoms. The minimum atomic E-state index is -0.528. The summed E-state index contributed by atoms with van der Waals surface area (Å²) in [5.74, 6) is 0.107. The van der Waals surface area contributed by atoms with Gasteiger partial charge in [-0.25, -0.2) is 4.79 Å². The second-order valence-electron chi connectivity index (χ2n) is 6.33. The van der Waals surface area contributed by atoms with Crippen molar-refractivity contribution in [2.45, 2.75) is 13.0 Å². The van der Waals surface area contributed by atoms with Crippen molar-refractivity contribution in [2.75, 3.05) is 0 Å². The molecule has 0 fully saturated rings. The summed E-state index contributed by atoms with van der Waals surface area (Å²) in [7, 11) is 2.91. The van der Waals surface area contributed by atoms with Crippen LogP contribution in [0.4, 0.5) is 5.69 Å². The second-order valence-corrected chi connectivity index (χ2v) is 6.33. The highest BCUT2D eigenvalue weighted by Crippen LogP contribution is 2.22. The quantitative estimate of drug-likeness (QED) is 0.482. The highest BCUT2D eigenvalue weighted by Gasteiger charge is 2.19. The predicted molar refractivity (Wildman–Crippen MR) is 104 cm³/mol. The van der Waals surface area contributed by atoms with Gasteiger partial charge in [-0.3, -0.25) is 24.0 Å². The van der Waals surface area contributed by atoms with Gasteiger partial charge in [0.1, 0.15) is 6.61 Å². The molecule has 0 N–H and O–H groups in total. The lowest BCUT2D eigenvalue weighted by atomic mass is 10.1. The van der Waals surface area contributed by atoms with Crippen LogP contribution in [0.5, 0.6) is 5.88 Å². The van der Waals surface area contributed by atoms with Crippen LogP contribution in [-0.2, 0) is 27.1 Å². The number of benzene rings is 2. The molecular weight excluding hydrogens is 362 g/mol. The largest absolute Gasteiger partial charge is 0.473 e. The van der Waals surface area contributed by atoms with Crippen molar-refractivity contribution < 1.29 is 9.66 Å². The second kappa shape index (κ2) is 7.91. The van der Waals surface area contributed by atoms with Crippen molar-refractivity contribution in [3.05, 3.63) is 102 Å². The Bertz CT molecular complexity index is 1130. The number of para-hydroxylation sites is 1. The zero-order chi connectivity index (χ0) is 20.3. The van der Waals surface area contributed by atoms with Crippen LogP contribution in [0.25, 0.3) is 0 Å². The van der Waals surface area contributed by atoms with Crippen LogP contribution in [0.2, 0.25) is 0 Å². The number of aromatic nitrogens is 2. The van der Waals surface area contributed by atoms with E-state index in [9.17, 15) is 19.7 Å². The van der Waals surface area contributed by atoms with Crippen LogP contribution in [0.15, 0.2) is 64.2 Å². The summed E-state index contributed by atoms with van der Waals surface area (Å²) in [6, 6.07) is 15.5. The molecule has 0 bridgehead atoms. The maximum absolute atomic E-state index is 12.7. The van der Waals surface area contributed by atoms with E-state index < -0.39 is 16.2 Å². The molecule has 0 spiro atoms. The van der Waals surface area contributed by atoms with E-state index in [0.29, 0.717) is 11.1 Å². The minimum absolute atomic E-state index is 0.0825. The molecule has 0 atom stereocenters. The third kappa shape index (κ3) is 3.71. The van der Waals surface area contributed by atoms with Crippen molar-refractivity contribution in [2.24, 2.45) is 14.1 Å². The number of nitro groups is 1. The highest BCUT2D eigenvalue weighted by molar-refractivity contribution is 5.40. The van der Waals surface area contributed by atoms with Gasteiger partial charge in [-0.2, -0.15) is 0 Å². The van der Waals surface area contributed by atoms with E-state index >= 15 is 0 Å². The van der Waals surface area contributed by atoms with E-state index in [2.05, 4.69) is 0 Å². The van der Waals surface area contributed by atoms with Crippen LogP contribution in [0, 0.1) is 10.1 Å². The van der Waals surface area contributed by atoms with Crippen molar-refractivity contribution in [3.8, 4) is 5.88 Å². The molecule has 1 aromatic heterocycles. The van der Waals surface area contributed by atoms with E-state index in [-0.39, 0.29) is 24.6 Å². The highest BCUT2D eigenvalue weighted by atomic mass is 16.6. The SMILES string of the molecule is Cn1c(OCc2ccccc2[N+](=O)[O-])c(Cc2ccccc2)c(=O)n(C)c1=O. The molecule has 8 nitrogen and oxygen atoms in total. The molecule has 28 heavy (non-hydrogen) atoms. The number of rotatable bonds is 6. The number of nitrogens with zero attached hydrogens (tertiary/aromatic N) is 3. The summed E-state index contributed by atoms with van der Waals surface area (Å²) in [6.45, 7) is -0.139. The van der Waals surface area contributed by atoms with E-state index in [0.717, 1.165) is 10.1 Å². The first-order chi connectivity index (χ1) is 13.4. The average molecular weight is 381 g/mol. The Kier molecular flexibility index (Phi) is 5.39. The fourth-order valence-corrected chi connectivity index (χ4v) is 2.99. The van der Waals surface area contributed by atoms with Gasteiger partial charge in [0.15, 0.2) is 0 Å². The lowest BCUT2D eigenvalue weighted by Crippen LogP contribution is -2.39. The minimum Gasteiger partial charge on any atom is -0.473 e. The first-order valence-corrected chi connectivity index (χ1v) is 8.58. The molecule has 2 aromatic carbocycles. The van der Waals surface area contributed by atoms with Gasteiger partial charge in [-0.1, -0.05) is 42.5 Å². The molecule has 144 valence electrons. The van der Waals surface area contributed by atoms with Gasteiger partial charge in [0.05, 0.1) is 16.1 Å². The molecule has 0 amide bonds. The van der Waals surface area contributed by atoms with Crippen LogP contribution >= 0.6 is 0 Å². The topological polar surface area (TPSA) is 96.4 Å². The third-order valence-electron chi connectivity index (χ3n) is 4.48. The van der Waals surface area contributed by atoms with E-state index in [4.69, 9.17) is 4.74 Å². The Morgan fingerprint density at radius 1 is 0.964 bits per heavy atom. The fourth-order valence-electron chi connectivity index (χ4n) is 2.99. The maximum atomic E-state index is 12.7. The van der Waals surface area contributed by atoms with Crippen molar-refractivity contribution in [3.63, 3.8) is 0 Å². The summed E-state index contributed by atoms with van der Waals surface area (Å²) in [4.78, 5) is 35.8. The van der Waals surface area contributed by atoms with Gasteiger partial charge >= 0.3 is 5.69 Å². The molecule has 0 aliphatic rings. The predicted octanol–water partition coefficient (Wildman–Crippen LogP) is 2.16. The summed E-state index contributed by atoms with van der Waals surface area (Å²) in [6.07, 6.45) is 0.272. The Morgan fingerprint density at radius 2 is 1.61 bits per heavy atom. The van der Waals surface area contributed by atoms with Crippen molar-refractivity contribution in [1.29, 1.82) is 0 Å². The molecule has 0 aliphatic carbocycles. The third-order valence-corrected chi connectivity index (χ3v) is 4.48. The number of hydrogen-bond donors (Lipinski definition) is 0. The molecule has 1 heterocycles. The van der Waals surface area contributed by atoms with Crippen molar-refractivity contribution in [1.82, 2.24) is 9.13 Å². The first kappa shape index (κ1) is 19.1. The standard InChI is InChI=1S/C20H19N3O5/c1-21-18(24)16(12-14-8-4-3-5-9-14)19(22(2)20(21)25)28-13-15-10-6-7-11-17(15)23(26)27/h3-11H,12-13H2,1-2H3. The van der Waals surface area contributed by atoms with Gasteiger partial charge in [0.25, 0.3) is 11.2 Å². The van der Waals surface area contributed by atoms with Gasteiger partial charge in [0.2, 0.25) is 5.88 Å². The summed E-state index contributed by atoms with van der Waals surface area (Å²) >= 11 is 0. The smallest absolute Gasteiger partial charge is 0.333 e. The Balaban J connectivity index is 2.04. The summed E-state index contributed by atoms with van der Waals surface area (Å²) in [5, 5.41) is 11.2. The van der Waals surface area contributed by atoms with Crippen LogP contribution in [-0.4, -0.2) is 14.1 Å². The molecule has 0 unspecified atom stereocenters. The monoisotopic (exact) mass is 381 g/mol. The Labute approximate surface area is 160 Å². The zero-order valence-electron chi connectivity index (χ0n) is 15.5. The van der Waals surface area contributed by atoms with Crippen LogP contribution in [0.1, 0.15) is 16.7 Å². The van der Waals surface area contributed by atoms with Gasteiger partial charge in [0, 0.05) is 26.6 Å². The molecular formula is C20H19N3O5. The summed E-state index contributed by atoms with van der Waals surface area (Å²) in [5.41, 5.74) is 0.485. The van der Waals surface area contributed by atoms with Crippen LogP contribution in [0.3, 0.4) is 0 Å². The van der Waals surface area contributed by atoms with E-state index in [1.165, 1.54) is 24.7 Å². The molecule has 0 aliphatic heterocycles. The molecule has 3 rings (SSSR count). The van der Waals surface area contributed by atoms with Gasteiger partial charge < -0.3 is 4.74 Å². The summed E-state index contributed by atoms with van der Waals surface area (Å²) < 4.78 is 8.05. The Hall–Kier alpha value is -3.68. The van der Waals surface area contributed by atoms with Crippen molar-refractivity contribution >= 4 is 5.69 Å². The number of ether oxygens (including phenoxy) is 1. The van der Waals surface area contributed by atoms with E-state index in [1.807, 2.05) is 30.3 Å². The molecule has 0 saturated heterocycles. The zero-order valence-corrected chi connectivity index (χ0v) is 15.5. The first-order valence-electron chi connectivity index (χ1n) is 8.58. The average Bonchev–Trinajstić information content (AvgIpc) is 2.71. The number of nitro benzene ring substituents is 1. The Morgan fingerprint density at radius 3 is 2.29 bits per heavy atom. The van der Waals surface area contributed by atoms with Gasteiger partial charge in [-0.05, 0) is 11.6 Å². The number of hydrogen-bond acceptors (Lipinski definition) is 5. The lowest BCUT2D eigenvalue weighted by molar-refractivity contribution is -0.385. The maximum Gasteiger partial charge on any atom is 0.333 e. The van der Waals surface area contributed by atoms with Gasteiger partial charge in [-0.15, -0.1) is 0 Å².